The Bertz CT molecular complexity index is 673. The van der Waals surface area contributed by atoms with Crippen LogP contribution in [0.1, 0.15) is 38.7 Å². The average Bonchev–Trinajstić information content (AvgIpc) is 2.83. The van der Waals surface area contributed by atoms with Gasteiger partial charge in [-0.05, 0) is 30.4 Å². The first kappa shape index (κ1) is 19.2. The highest BCUT2D eigenvalue weighted by Crippen LogP contribution is 2.41. The largest absolute Gasteiger partial charge is 0.508 e. The summed E-state index contributed by atoms with van der Waals surface area (Å²) in [6.45, 7) is 3.63. The van der Waals surface area contributed by atoms with Crippen molar-refractivity contribution in [2.75, 3.05) is 0 Å². The molecule has 0 bridgehead atoms. The van der Waals surface area contributed by atoms with Crippen molar-refractivity contribution in [2.24, 2.45) is 11.0 Å². The summed E-state index contributed by atoms with van der Waals surface area (Å²) >= 11 is 0. The van der Waals surface area contributed by atoms with E-state index in [4.69, 9.17) is 0 Å². The molecule has 1 unspecified atom stereocenters. The van der Waals surface area contributed by atoms with Gasteiger partial charge < -0.3 is 10.2 Å². The van der Waals surface area contributed by atoms with Crippen LogP contribution in [-0.2, 0) is 11.2 Å². The molecule has 1 aliphatic heterocycles. The molecular formula is C17H21F3N2O3. The third-order valence-corrected chi connectivity index (χ3v) is 3.98. The molecule has 25 heavy (non-hydrogen) atoms. The Kier molecular flexibility index (Phi) is 5.41. The van der Waals surface area contributed by atoms with Gasteiger partial charge in [-0.3, -0.25) is 4.79 Å². The number of amides is 1. The lowest BCUT2D eigenvalue weighted by atomic mass is 9.99. The molecular weight excluding hydrogens is 337 g/mol. The number of aryl methyl sites for hydroxylation is 1. The molecule has 1 atom stereocenters. The number of nitrogens with zero attached hydrogens (tertiary/aromatic N) is 2. The van der Waals surface area contributed by atoms with Gasteiger partial charge >= 0.3 is 6.18 Å². The summed E-state index contributed by atoms with van der Waals surface area (Å²) in [5, 5.41) is 23.7. The van der Waals surface area contributed by atoms with Crippen LogP contribution >= 0.6 is 0 Å². The number of hydrogen-bond acceptors (Lipinski definition) is 4. The number of alkyl halides is 3. The van der Waals surface area contributed by atoms with Crippen LogP contribution in [0.25, 0.3) is 0 Å². The number of para-hydroxylation sites is 1. The van der Waals surface area contributed by atoms with E-state index >= 15 is 0 Å². The van der Waals surface area contributed by atoms with Gasteiger partial charge in [-0.2, -0.15) is 23.3 Å². The van der Waals surface area contributed by atoms with Crippen molar-refractivity contribution in [3.63, 3.8) is 0 Å². The maximum absolute atomic E-state index is 13.3. The van der Waals surface area contributed by atoms with Crippen molar-refractivity contribution < 1.29 is 28.2 Å². The molecule has 0 saturated heterocycles. The summed E-state index contributed by atoms with van der Waals surface area (Å²) in [5.41, 5.74) is -2.73. The highest BCUT2D eigenvalue weighted by molar-refractivity contribution is 5.91. The summed E-state index contributed by atoms with van der Waals surface area (Å²) < 4.78 is 40.0. The molecule has 0 spiro atoms. The van der Waals surface area contributed by atoms with Gasteiger partial charge in [0, 0.05) is 18.6 Å². The predicted molar refractivity (Wildman–Crippen MR) is 85.8 cm³/mol. The monoisotopic (exact) mass is 358 g/mol. The van der Waals surface area contributed by atoms with Crippen LogP contribution in [0.3, 0.4) is 0 Å². The van der Waals surface area contributed by atoms with Crippen molar-refractivity contribution >= 4 is 11.6 Å². The lowest BCUT2D eigenvalue weighted by Gasteiger charge is -2.32. The van der Waals surface area contributed by atoms with Crippen molar-refractivity contribution in [3.05, 3.63) is 29.8 Å². The number of phenolic OH excluding ortho intramolecular Hbond substituents is 1. The first-order chi connectivity index (χ1) is 11.5. The fourth-order valence-corrected chi connectivity index (χ4v) is 2.76. The topological polar surface area (TPSA) is 73.1 Å². The molecule has 2 N–H and O–H groups in total. The minimum atomic E-state index is -5.01. The highest BCUT2D eigenvalue weighted by atomic mass is 19.4. The number of aliphatic hydroxyl groups is 1. The molecule has 1 aromatic carbocycles. The van der Waals surface area contributed by atoms with Crippen molar-refractivity contribution in [1.82, 2.24) is 5.01 Å². The third-order valence-electron chi connectivity index (χ3n) is 3.98. The van der Waals surface area contributed by atoms with E-state index in [0.717, 1.165) is 0 Å². The van der Waals surface area contributed by atoms with E-state index in [9.17, 15) is 28.2 Å². The predicted octanol–water partition coefficient (Wildman–Crippen LogP) is 3.21. The normalized spacial score (nSPS) is 20.9. The first-order valence-corrected chi connectivity index (χ1v) is 8.00. The van der Waals surface area contributed by atoms with Crippen LogP contribution in [0.2, 0.25) is 0 Å². The van der Waals surface area contributed by atoms with Crippen molar-refractivity contribution in [2.45, 2.75) is 51.4 Å². The zero-order chi connectivity index (χ0) is 18.8. The Morgan fingerprint density at radius 3 is 2.56 bits per heavy atom. The number of halogens is 3. The minimum Gasteiger partial charge on any atom is -0.508 e. The van der Waals surface area contributed by atoms with Gasteiger partial charge in [0.2, 0.25) is 5.91 Å². The zero-order valence-electron chi connectivity index (χ0n) is 14.0. The Labute approximate surface area is 143 Å². The second kappa shape index (κ2) is 7.03. The quantitative estimate of drug-likeness (QED) is 0.849. The van der Waals surface area contributed by atoms with Crippen LogP contribution in [0.5, 0.6) is 5.75 Å². The van der Waals surface area contributed by atoms with Crippen LogP contribution in [0.15, 0.2) is 29.4 Å². The Morgan fingerprint density at radius 1 is 1.36 bits per heavy atom. The van der Waals surface area contributed by atoms with E-state index in [2.05, 4.69) is 5.10 Å². The number of benzene rings is 1. The molecule has 0 saturated carbocycles. The Balaban J connectivity index is 2.18. The lowest BCUT2D eigenvalue weighted by Crippen LogP contribution is -2.56. The van der Waals surface area contributed by atoms with Crippen LogP contribution in [0.4, 0.5) is 13.2 Å². The molecule has 0 aromatic heterocycles. The third kappa shape index (κ3) is 4.12. The van der Waals surface area contributed by atoms with Gasteiger partial charge in [0.15, 0.2) is 0 Å². The van der Waals surface area contributed by atoms with Crippen LogP contribution < -0.4 is 0 Å². The molecule has 138 valence electrons. The first-order valence-electron chi connectivity index (χ1n) is 8.00. The smallest absolute Gasteiger partial charge is 0.438 e. The van der Waals surface area contributed by atoms with E-state index in [-0.39, 0.29) is 41.7 Å². The number of aromatic hydroxyl groups is 1. The minimum absolute atomic E-state index is 0.0354. The molecule has 0 radical (unpaired) electrons. The molecule has 0 fully saturated rings. The fraction of sp³-hybridized carbons (Fsp3) is 0.529. The summed E-state index contributed by atoms with van der Waals surface area (Å²) in [7, 11) is 0. The molecule has 2 rings (SSSR count). The van der Waals surface area contributed by atoms with Crippen LogP contribution in [0, 0.1) is 5.92 Å². The molecule has 1 aliphatic rings. The fourth-order valence-electron chi connectivity index (χ4n) is 2.76. The van der Waals surface area contributed by atoms with Gasteiger partial charge in [0.1, 0.15) is 5.75 Å². The van der Waals surface area contributed by atoms with E-state index in [1.807, 2.05) is 13.8 Å². The number of carbonyl (C=O) groups is 1. The molecule has 8 heteroatoms. The molecule has 0 aliphatic carbocycles. The summed E-state index contributed by atoms with van der Waals surface area (Å²) in [6, 6.07) is 6.27. The van der Waals surface area contributed by atoms with E-state index < -0.39 is 24.2 Å². The standard InChI is InChI=1S/C17H21F3N2O3/c1-11(2)9-13-10-16(25,17(18,19)20)22(21-13)15(24)8-7-12-5-3-4-6-14(12)23/h3-6,11,23,25H,7-10H2,1-2H3. The SMILES string of the molecule is CC(C)CC1=NN(C(=O)CCc2ccccc2O)C(O)(C(F)(F)F)C1. The number of hydrazone groups is 1. The summed E-state index contributed by atoms with van der Waals surface area (Å²) in [4.78, 5) is 12.3. The van der Waals surface area contributed by atoms with Gasteiger partial charge in [0.05, 0.1) is 0 Å². The summed E-state index contributed by atoms with van der Waals surface area (Å²) in [5.74, 6) is -0.929. The van der Waals surface area contributed by atoms with Gasteiger partial charge in [-0.25, -0.2) is 0 Å². The van der Waals surface area contributed by atoms with Gasteiger partial charge in [0.25, 0.3) is 5.72 Å². The maximum atomic E-state index is 13.3. The second-order valence-corrected chi connectivity index (χ2v) is 6.59. The average molecular weight is 358 g/mol. The lowest BCUT2D eigenvalue weighted by molar-refractivity contribution is -0.302. The second-order valence-electron chi connectivity index (χ2n) is 6.59. The number of rotatable bonds is 5. The zero-order valence-corrected chi connectivity index (χ0v) is 14.0. The summed E-state index contributed by atoms with van der Waals surface area (Å²) in [6.07, 6.45) is -5.75. The molecule has 5 nitrogen and oxygen atoms in total. The Morgan fingerprint density at radius 2 is 2.00 bits per heavy atom. The number of carbonyl (C=O) groups excluding carboxylic acids is 1. The van der Waals surface area contributed by atoms with E-state index in [0.29, 0.717) is 5.56 Å². The van der Waals surface area contributed by atoms with E-state index in [1.165, 1.54) is 6.07 Å². The molecule has 1 heterocycles. The highest BCUT2D eigenvalue weighted by Gasteiger charge is 2.62. The number of hydrogen-bond donors (Lipinski definition) is 2. The van der Waals surface area contributed by atoms with Gasteiger partial charge in [-0.15, -0.1) is 0 Å². The molecule has 1 amide bonds. The number of phenols is 1. The van der Waals surface area contributed by atoms with Crippen LogP contribution in [-0.4, -0.2) is 38.7 Å². The molecule has 1 aromatic rings. The Hall–Kier alpha value is -2.09. The van der Waals surface area contributed by atoms with Crippen molar-refractivity contribution in [3.8, 4) is 5.75 Å². The maximum Gasteiger partial charge on any atom is 0.438 e. The van der Waals surface area contributed by atoms with Crippen molar-refractivity contribution in [1.29, 1.82) is 0 Å². The van der Waals surface area contributed by atoms with Gasteiger partial charge in [-0.1, -0.05) is 32.0 Å². The van der Waals surface area contributed by atoms with E-state index in [1.54, 1.807) is 18.2 Å².